The van der Waals surface area contributed by atoms with Crippen LogP contribution in [0.1, 0.15) is 6.42 Å². The van der Waals surface area contributed by atoms with Crippen LogP contribution >= 0.6 is 0 Å². The average molecular weight is 239 g/mol. The van der Waals surface area contributed by atoms with Crippen molar-refractivity contribution in [2.45, 2.75) is 12.0 Å². The molecular formula is C11H10FNO4. The molecule has 1 atom stereocenters. The Morgan fingerprint density at radius 1 is 1.47 bits per heavy atom. The van der Waals surface area contributed by atoms with Gasteiger partial charge in [-0.1, -0.05) is 6.07 Å². The zero-order valence-corrected chi connectivity index (χ0v) is 8.76. The topological polar surface area (TPSA) is 77.8 Å². The summed E-state index contributed by atoms with van der Waals surface area (Å²) < 4.78 is 13.0. The largest absolute Gasteiger partial charge is 0.479 e. The number of benzene rings is 1. The molecule has 0 aliphatic carbocycles. The molecule has 5 nitrogen and oxygen atoms in total. The standard InChI is InChI=1S/C11H10FNO4/c12-7-2-1-3-8(6-7)13-5-4-11(17,9(13)14)10(15)16/h1-3,6,17H,4-5H2,(H,15,16)/t11-/m0/s1. The highest BCUT2D eigenvalue weighted by Gasteiger charge is 2.52. The zero-order valence-electron chi connectivity index (χ0n) is 8.76. The number of carbonyl (C=O) groups excluding carboxylic acids is 1. The Kier molecular flexibility index (Phi) is 2.59. The number of hydrogen-bond acceptors (Lipinski definition) is 3. The van der Waals surface area contributed by atoms with E-state index in [1.807, 2.05) is 0 Å². The van der Waals surface area contributed by atoms with Gasteiger partial charge in [0.05, 0.1) is 0 Å². The average Bonchev–Trinajstić information content (AvgIpc) is 2.57. The van der Waals surface area contributed by atoms with Crippen molar-refractivity contribution in [3.8, 4) is 0 Å². The van der Waals surface area contributed by atoms with Crippen LogP contribution in [-0.4, -0.2) is 34.2 Å². The fourth-order valence-corrected chi connectivity index (χ4v) is 1.79. The number of halogens is 1. The number of nitrogens with zero attached hydrogens (tertiary/aromatic N) is 1. The van der Waals surface area contributed by atoms with Crippen LogP contribution in [0.3, 0.4) is 0 Å². The zero-order chi connectivity index (χ0) is 12.6. The Labute approximate surface area is 96.1 Å². The molecule has 1 saturated heterocycles. The minimum absolute atomic E-state index is 0.0467. The molecule has 1 heterocycles. The molecule has 0 radical (unpaired) electrons. The second-order valence-corrected chi connectivity index (χ2v) is 3.85. The van der Waals surface area contributed by atoms with Gasteiger partial charge in [0, 0.05) is 18.7 Å². The molecular weight excluding hydrogens is 229 g/mol. The van der Waals surface area contributed by atoms with E-state index in [9.17, 15) is 19.1 Å². The third-order valence-corrected chi connectivity index (χ3v) is 2.77. The van der Waals surface area contributed by atoms with Crippen LogP contribution in [-0.2, 0) is 9.59 Å². The lowest BCUT2D eigenvalue weighted by molar-refractivity contribution is -0.162. The maximum atomic E-state index is 13.0. The highest BCUT2D eigenvalue weighted by molar-refractivity contribution is 6.14. The molecule has 1 aliphatic heterocycles. The summed E-state index contributed by atoms with van der Waals surface area (Å²) >= 11 is 0. The van der Waals surface area contributed by atoms with Gasteiger partial charge < -0.3 is 15.1 Å². The monoisotopic (exact) mass is 239 g/mol. The summed E-state index contributed by atoms with van der Waals surface area (Å²) in [6.07, 6.45) is -0.211. The summed E-state index contributed by atoms with van der Waals surface area (Å²) in [6.45, 7) is 0.0467. The van der Waals surface area contributed by atoms with Crippen molar-refractivity contribution in [3.63, 3.8) is 0 Å². The van der Waals surface area contributed by atoms with Crippen molar-refractivity contribution in [2.75, 3.05) is 11.4 Å². The fourth-order valence-electron chi connectivity index (χ4n) is 1.79. The lowest BCUT2D eigenvalue weighted by Gasteiger charge is -2.18. The number of anilines is 1. The number of carboxylic acids is 1. The number of aliphatic carboxylic acids is 1. The quantitative estimate of drug-likeness (QED) is 0.731. The van der Waals surface area contributed by atoms with Gasteiger partial charge in [-0.25, -0.2) is 9.18 Å². The molecule has 2 rings (SSSR count). The summed E-state index contributed by atoms with van der Waals surface area (Å²) in [5, 5.41) is 18.4. The molecule has 0 aromatic heterocycles. The number of aliphatic hydroxyl groups is 1. The summed E-state index contributed by atoms with van der Waals surface area (Å²) in [5.41, 5.74) is -2.15. The third-order valence-electron chi connectivity index (χ3n) is 2.77. The maximum absolute atomic E-state index is 13.0. The van der Waals surface area contributed by atoms with E-state index in [0.717, 1.165) is 11.0 Å². The second kappa shape index (κ2) is 3.81. The normalized spacial score (nSPS) is 24.1. The van der Waals surface area contributed by atoms with Gasteiger partial charge in [-0.2, -0.15) is 0 Å². The lowest BCUT2D eigenvalue weighted by Crippen LogP contribution is -2.46. The molecule has 0 bridgehead atoms. The molecule has 2 N–H and O–H groups in total. The van der Waals surface area contributed by atoms with E-state index in [1.165, 1.54) is 18.2 Å². The minimum Gasteiger partial charge on any atom is -0.479 e. The lowest BCUT2D eigenvalue weighted by atomic mass is 10.0. The smallest absolute Gasteiger partial charge is 0.345 e. The Hall–Kier alpha value is -1.95. The first kappa shape index (κ1) is 11.5. The van der Waals surface area contributed by atoms with Crippen LogP contribution in [0.15, 0.2) is 24.3 Å². The molecule has 0 saturated carbocycles. The highest BCUT2D eigenvalue weighted by atomic mass is 19.1. The van der Waals surface area contributed by atoms with Gasteiger partial charge in [-0.05, 0) is 18.2 Å². The van der Waals surface area contributed by atoms with Gasteiger partial charge in [0.15, 0.2) is 0 Å². The predicted octanol–water partition coefficient (Wildman–Crippen LogP) is 0.378. The van der Waals surface area contributed by atoms with Crippen LogP contribution in [0.25, 0.3) is 0 Å². The number of carbonyl (C=O) groups is 2. The molecule has 0 unspecified atom stereocenters. The number of amides is 1. The number of rotatable bonds is 2. The van der Waals surface area contributed by atoms with Crippen LogP contribution in [0.5, 0.6) is 0 Å². The van der Waals surface area contributed by atoms with E-state index in [0.29, 0.717) is 0 Å². The molecule has 0 spiro atoms. The van der Waals surface area contributed by atoms with Crippen molar-refractivity contribution >= 4 is 17.6 Å². The van der Waals surface area contributed by atoms with Crippen molar-refractivity contribution in [1.82, 2.24) is 0 Å². The summed E-state index contributed by atoms with van der Waals surface area (Å²) in [7, 11) is 0. The van der Waals surface area contributed by atoms with Gasteiger partial charge >= 0.3 is 5.97 Å². The van der Waals surface area contributed by atoms with Crippen molar-refractivity contribution in [2.24, 2.45) is 0 Å². The van der Waals surface area contributed by atoms with Gasteiger partial charge in [-0.15, -0.1) is 0 Å². The summed E-state index contributed by atoms with van der Waals surface area (Å²) in [5.74, 6) is -3.04. The van der Waals surface area contributed by atoms with Gasteiger partial charge in [0.2, 0.25) is 5.60 Å². The molecule has 1 aliphatic rings. The summed E-state index contributed by atoms with van der Waals surface area (Å²) in [6, 6.07) is 5.23. The van der Waals surface area contributed by atoms with Crippen molar-refractivity contribution < 1.29 is 24.2 Å². The number of hydrogen-bond donors (Lipinski definition) is 2. The van der Waals surface area contributed by atoms with Gasteiger partial charge in [-0.3, -0.25) is 4.79 Å². The molecule has 1 aromatic rings. The Bertz CT molecular complexity index is 490. The van der Waals surface area contributed by atoms with Gasteiger partial charge in [0.1, 0.15) is 5.82 Å². The maximum Gasteiger partial charge on any atom is 0.345 e. The third kappa shape index (κ3) is 1.76. The van der Waals surface area contributed by atoms with Crippen LogP contribution < -0.4 is 4.90 Å². The van der Waals surface area contributed by atoms with E-state index in [-0.39, 0.29) is 18.7 Å². The minimum atomic E-state index is -2.40. The number of carboxylic acid groups (broad SMARTS) is 1. The summed E-state index contributed by atoms with van der Waals surface area (Å²) in [4.78, 5) is 23.6. The van der Waals surface area contributed by atoms with E-state index >= 15 is 0 Å². The van der Waals surface area contributed by atoms with E-state index in [4.69, 9.17) is 5.11 Å². The molecule has 1 aromatic carbocycles. The van der Waals surface area contributed by atoms with Gasteiger partial charge in [0.25, 0.3) is 5.91 Å². The molecule has 1 amide bonds. The van der Waals surface area contributed by atoms with E-state index in [2.05, 4.69) is 0 Å². The predicted molar refractivity (Wildman–Crippen MR) is 56.0 cm³/mol. The first-order chi connectivity index (χ1) is 7.95. The van der Waals surface area contributed by atoms with Crippen LogP contribution in [0.4, 0.5) is 10.1 Å². The van der Waals surface area contributed by atoms with Crippen LogP contribution in [0, 0.1) is 5.82 Å². The SMILES string of the molecule is O=C(O)[C@]1(O)CCN(c2cccc(F)c2)C1=O. The molecule has 6 heteroatoms. The Morgan fingerprint density at radius 3 is 2.71 bits per heavy atom. The Balaban J connectivity index is 2.33. The van der Waals surface area contributed by atoms with Crippen molar-refractivity contribution in [1.29, 1.82) is 0 Å². The molecule has 90 valence electrons. The van der Waals surface area contributed by atoms with E-state index in [1.54, 1.807) is 0 Å². The molecule has 17 heavy (non-hydrogen) atoms. The van der Waals surface area contributed by atoms with E-state index < -0.39 is 23.3 Å². The molecule has 1 fully saturated rings. The van der Waals surface area contributed by atoms with Crippen molar-refractivity contribution in [3.05, 3.63) is 30.1 Å². The first-order valence-corrected chi connectivity index (χ1v) is 4.98. The van der Waals surface area contributed by atoms with Crippen LogP contribution in [0.2, 0.25) is 0 Å². The fraction of sp³-hybridized carbons (Fsp3) is 0.273. The first-order valence-electron chi connectivity index (χ1n) is 4.98. The Morgan fingerprint density at radius 2 is 2.18 bits per heavy atom. The highest BCUT2D eigenvalue weighted by Crippen LogP contribution is 2.28. The second-order valence-electron chi connectivity index (χ2n) is 3.85.